The van der Waals surface area contributed by atoms with Crippen LogP contribution in [0.5, 0.6) is 5.75 Å². The Morgan fingerprint density at radius 2 is 1.39 bits per heavy atom. The zero-order valence-electron chi connectivity index (χ0n) is 14.4. The van der Waals surface area contributed by atoms with Gasteiger partial charge in [0.2, 0.25) is 0 Å². The lowest BCUT2D eigenvalue weighted by atomic mass is 9.90. The smallest absolute Gasteiger partial charge is 0.417 e. The standard InChI is InChI=1S/C21H13F6O/c1-28-18-8-3-2-5-16(18)17-7-4-6-15(19(17)21(25,26)27)13-9-11-14(12-10-13)20(22,23)24/h2-5,7-12H,1H3. The van der Waals surface area contributed by atoms with Crippen LogP contribution in [-0.2, 0) is 12.4 Å². The van der Waals surface area contributed by atoms with Crippen molar-refractivity contribution in [2.45, 2.75) is 12.4 Å². The molecule has 0 saturated carbocycles. The number of rotatable bonds is 3. The fraction of sp³-hybridized carbons (Fsp3) is 0.143. The molecule has 0 spiro atoms. The van der Waals surface area contributed by atoms with Crippen LogP contribution in [0, 0.1) is 6.07 Å². The first-order chi connectivity index (χ1) is 13.1. The van der Waals surface area contributed by atoms with Gasteiger partial charge in [0.15, 0.2) is 0 Å². The average molecular weight is 395 g/mol. The lowest BCUT2D eigenvalue weighted by Gasteiger charge is -2.19. The van der Waals surface area contributed by atoms with Crippen LogP contribution in [0.3, 0.4) is 0 Å². The molecule has 0 bridgehead atoms. The molecule has 1 nitrogen and oxygen atoms in total. The van der Waals surface area contributed by atoms with Crippen molar-refractivity contribution < 1.29 is 31.1 Å². The first-order valence-corrected chi connectivity index (χ1v) is 8.06. The van der Waals surface area contributed by atoms with E-state index in [1.165, 1.54) is 31.4 Å². The van der Waals surface area contributed by atoms with Crippen LogP contribution < -0.4 is 4.74 Å². The van der Waals surface area contributed by atoms with Gasteiger partial charge in [-0.3, -0.25) is 0 Å². The Labute approximate surface area is 157 Å². The van der Waals surface area contributed by atoms with Crippen molar-refractivity contribution >= 4 is 0 Å². The summed E-state index contributed by atoms with van der Waals surface area (Å²) < 4.78 is 85.3. The van der Waals surface area contributed by atoms with Crippen molar-refractivity contribution in [2.24, 2.45) is 0 Å². The molecule has 145 valence electrons. The lowest BCUT2D eigenvalue weighted by molar-refractivity contribution is -0.138. The van der Waals surface area contributed by atoms with Crippen LogP contribution in [0.1, 0.15) is 11.1 Å². The molecular formula is C21H13F6O. The van der Waals surface area contributed by atoms with Crippen molar-refractivity contribution in [1.29, 1.82) is 0 Å². The number of benzene rings is 3. The molecule has 1 radical (unpaired) electrons. The van der Waals surface area contributed by atoms with Gasteiger partial charge in [0.05, 0.1) is 18.2 Å². The Bertz CT molecular complexity index is 971. The Kier molecular flexibility index (Phi) is 5.10. The Morgan fingerprint density at radius 1 is 0.750 bits per heavy atom. The number of ether oxygens (including phenoxy) is 1. The molecule has 0 saturated heterocycles. The Balaban J connectivity index is 2.24. The first kappa shape index (κ1) is 19.8. The summed E-state index contributed by atoms with van der Waals surface area (Å²) in [5.41, 5.74) is -2.19. The first-order valence-electron chi connectivity index (χ1n) is 8.06. The van der Waals surface area contributed by atoms with Crippen LogP contribution in [0.15, 0.2) is 60.7 Å². The number of halogens is 6. The summed E-state index contributed by atoms with van der Waals surface area (Å²) >= 11 is 0. The minimum absolute atomic E-state index is 0.0166. The maximum atomic E-state index is 13.9. The van der Waals surface area contributed by atoms with E-state index >= 15 is 0 Å². The summed E-state index contributed by atoms with van der Waals surface area (Å²) in [5, 5.41) is 0. The third-order valence-electron chi connectivity index (χ3n) is 4.18. The van der Waals surface area contributed by atoms with E-state index in [1.54, 1.807) is 12.1 Å². The average Bonchev–Trinajstić information content (AvgIpc) is 2.66. The number of hydrogen-bond acceptors (Lipinski definition) is 1. The molecule has 0 N–H and O–H groups in total. The van der Waals surface area contributed by atoms with E-state index in [0.717, 1.165) is 24.3 Å². The second-order valence-electron chi connectivity index (χ2n) is 5.91. The second kappa shape index (κ2) is 7.22. The highest BCUT2D eigenvalue weighted by Crippen LogP contribution is 2.45. The van der Waals surface area contributed by atoms with Crippen LogP contribution in [0.2, 0.25) is 0 Å². The maximum Gasteiger partial charge on any atom is 0.417 e. The Hall–Kier alpha value is -2.96. The topological polar surface area (TPSA) is 9.23 Å². The van der Waals surface area contributed by atoms with Crippen molar-refractivity contribution in [3.8, 4) is 28.0 Å². The third kappa shape index (κ3) is 3.83. The largest absolute Gasteiger partial charge is 0.496 e. The molecule has 3 aromatic carbocycles. The molecule has 3 rings (SSSR count). The van der Waals surface area contributed by atoms with Gasteiger partial charge < -0.3 is 4.74 Å². The molecule has 0 atom stereocenters. The summed E-state index contributed by atoms with van der Waals surface area (Å²) in [4.78, 5) is 0. The fourth-order valence-electron chi connectivity index (χ4n) is 2.94. The van der Waals surface area contributed by atoms with E-state index in [4.69, 9.17) is 4.74 Å². The van der Waals surface area contributed by atoms with Gasteiger partial charge in [0.1, 0.15) is 5.75 Å². The van der Waals surface area contributed by atoms with Crippen LogP contribution in [-0.4, -0.2) is 7.11 Å². The zero-order chi connectivity index (χ0) is 20.5. The Morgan fingerprint density at radius 3 is 1.96 bits per heavy atom. The summed E-state index contributed by atoms with van der Waals surface area (Å²) in [7, 11) is 1.35. The van der Waals surface area contributed by atoms with Gasteiger partial charge in [-0.25, -0.2) is 0 Å². The van der Waals surface area contributed by atoms with E-state index < -0.39 is 23.5 Å². The quantitative estimate of drug-likeness (QED) is 0.440. The molecule has 7 heteroatoms. The van der Waals surface area contributed by atoms with Crippen molar-refractivity contribution in [2.75, 3.05) is 7.11 Å². The summed E-state index contributed by atoms with van der Waals surface area (Å²) in [5.74, 6) is 0.248. The molecule has 0 fully saturated rings. The molecule has 0 amide bonds. The highest BCUT2D eigenvalue weighted by atomic mass is 19.4. The normalized spacial score (nSPS) is 12.1. The van der Waals surface area contributed by atoms with E-state index in [1.807, 2.05) is 0 Å². The van der Waals surface area contributed by atoms with Gasteiger partial charge in [0.25, 0.3) is 0 Å². The number of hydrogen-bond donors (Lipinski definition) is 0. The zero-order valence-corrected chi connectivity index (χ0v) is 14.4. The predicted molar refractivity (Wildman–Crippen MR) is 92.7 cm³/mol. The molecule has 0 heterocycles. The molecule has 0 aliphatic rings. The number of methoxy groups -OCH3 is 1. The van der Waals surface area contributed by atoms with Crippen LogP contribution in [0.25, 0.3) is 22.3 Å². The minimum atomic E-state index is -4.76. The molecular weight excluding hydrogens is 382 g/mol. The summed E-state index contributed by atoms with van der Waals surface area (Å²) in [6, 6.07) is 14.8. The van der Waals surface area contributed by atoms with E-state index in [2.05, 4.69) is 6.07 Å². The van der Waals surface area contributed by atoms with E-state index in [-0.39, 0.29) is 28.0 Å². The second-order valence-corrected chi connectivity index (χ2v) is 5.91. The SMILES string of the molecule is COc1ccccc1-c1cc[c]c(-c2ccc(C(F)(F)F)cc2)c1C(F)(F)F. The van der Waals surface area contributed by atoms with Gasteiger partial charge in [-0.15, -0.1) is 0 Å². The monoisotopic (exact) mass is 395 g/mol. The van der Waals surface area contributed by atoms with Crippen LogP contribution >= 0.6 is 0 Å². The van der Waals surface area contributed by atoms with E-state index in [9.17, 15) is 26.3 Å². The molecule has 28 heavy (non-hydrogen) atoms. The molecule has 0 aliphatic carbocycles. The van der Waals surface area contributed by atoms with Gasteiger partial charge in [0, 0.05) is 11.1 Å². The summed E-state index contributed by atoms with van der Waals surface area (Å²) in [6.45, 7) is 0. The van der Waals surface area contributed by atoms with Gasteiger partial charge >= 0.3 is 12.4 Å². The van der Waals surface area contributed by atoms with Gasteiger partial charge in [-0.05, 0) is 35.4 Å². The van der Waals surface area contributed by atoms with Gasteiger partial charge in [-0.1, -0.05) is 42.5 Å². The van der Waals surface area contributed by atoms with Crippen molar-refractivity contribution in [3.05, 3.63) is 77.9 Å². The predicted octanol–water partition coefficient (Wildman–Crippen LogP) is 6.87. The van der Waals surface area contributed by atoms with Crippen molar-refractivity contribution in [3.63, 3.8) is 0 Å². The lowest BCUT2D eigenvalue weighted by Crippen LogP contribution is -2.10. The number of alkyl halides is 6. The molecule has 0 aliphatic heterocycles. The highest BCUT2D eigenvalue weighted by Gasteiger charge is 2.37. The molecule has 3 aromatic rings. The maximum absolute atomic E-state index is 13.9. The number of para-hydroxylation sites is 1. The summed E-state index contributed by atoms with van der Waals surface area (Å²) in [6.07, 6.45) is -9.33. The van der Waals surface area contributed by atoms with Crippen LogP contribution in [0.4, 0.5) is 26.3 Å². The molecule has 0 aromatic heterocycles. The fourth-order valence-corrected chi connectivity index (χ4v) is 2.94. The van der Waals surface area contributed by atoms with Gasteiger partial charge in [-0.2, -0.15) is 26.3 Å². The third-order valence-corrected chi connectivity index (χ3v) is 4.18. The van der Waals surface area contributed by atoms with E-state index in [0.29, 0.717) is 0 Å². The minimum Gasteiger partial charge on any atom is -0.496 e. The van der Waals surface area contributed by atoms with Crippen molar-refractivity contribution in [1.82, 2.24) is 0 Å². The highest BCUT2D eigenvalue weighted by molar-refractivity contribution is 5.81. The molecule has 0 unspecified atom stereocenters.